The van der Waals surface area contributed by atoms with Crippen LogP contribution in [0, 0.1) is 11.3 Å². The van der Waals surface area contributed by atoms with Crippen LogP contribution in [-0.4, -0.2) is 54.4 Å². The first-order chi connectivity index (χ1) is 8.78. The van der Waals surface area contributed by atoms with Gasteiger partial charge in [0.1, 0.15) is 0 Å². The van der Waals surface area contributed by atoms with Crippen LogP contribution in [0.25, 0.3) is 0 Å². The predicted octanol–water partition coefficient (Wildman–Crippen LogP) is 0.758. The molecule has 0 bridgehead atoms. The molecule has 2 saturated heterocycles. The fourth-order valence-corrected chi connectivity index (χ4v) is 2.91. The molecule has 4 nitrogen and oxygen atoms in total. The Hall–Kier alpha value is -0.820. The lowest BCUT2D eigenvalue weighted by Crippen LogP contribution is -2.53. The summed E-state index contributed by atoms with van der Waals surface area (Å²) in [5.74, 6) is -0.961. The number of aliphatic hydroxyl groups is 1. The van der Waals surface area contributed by atoms with E-state index in [1.165, 1.54) is 4.90 Å². The number of hydrogen-bond donors (Lipinski definition) is 2. The van der Waals surface area contributed by atoms with Crippen LogP contribution in [0.15, 0.2) is 0 Å². The van der Waals surface area contributed by atoms with Crippen molar-refractivity contribution in [3.63, 3.8) is 0 Å². The summed E-state index contributed by atoms with van der Waals surface area (Å²) in [6.45, 7) is 1.99. The summed E-state index contributed by atoms with van der Waals surface area (Å²) < 4.78 is 39.7. The Labute approximate surface area is 110 Å². The second-order valence-corrected chi connectivity index (χ2v) is 5.55. The highest BCUT2D eigenvalue weighted by atomic mass is 19.4. The number of rotatable bonds is 2. The maximum atomic E-state index is 13.2. The van der Waals surface area contributed by atoms with E-state index < -0.39 is 23.6 Å². The molecule has 2 heterocycles. The van der Waals surface area contributed by atoms with Gasteiger partial charge in [0, 0.05) is 25.6 Å². The molecule has 110 valence electrons. The highest BCUT2D eigenvalue weighted by molar-refractivity contribution is 5.84. The topological polar surface area (TPSA) is 52.6 Å². The Kier molecular flexibility index (Phi) is 3.79. The fraction of sp³-hybridized carbons (Fsp3) is 0.917. The second kappa shape index (κ2) is 4.94. The summed E-state index contributed by atoms with van der Waals surface area (Å²) in [7, 11) is 0. The number of alkyl halides is 3. The van der Waals surface area contributed by atoms with Gasteiger partial charge in [0.05, 0.1) is 6.10 Å². The highest BCUT2D eigenvalue weighted by Gasteiger charge is 2.62. The SMILES string of the molecule is CC(O)C1CCN(C(=O)C2(C(F)(F)F)CCNC2)C1. The molecule has 0 saturated carbocycles. The van der Waals surface area contributed by atoms with E-state index in [0.29, 0.717) is 13.0 Å². The largest absolute Gasteiger partial charge is 0.404 e. The van der Waals surface area contributed by atoms with Crippen LogP contribution in [0.5, 0.6) is 0 Å². The summed E-state index contributed by atoms with van der Waals surface area (Å²) in [4.78, 5) is 13.5. The zero-order valence-corrected chi connectivity index (χ0v) is 10.8. The molecular formula is C12H19F3N2O2. The van der Waals surface area contributed by atoms with Crippen LogP contribution in [-0.2, 0) is 4.79 Å². The maximum absolute atomic E-state index is 13.2. The van der Waals surface area contributed by atoms with Crippen LogP contribution in [0.4, 0.5) is 13.2 Å². The Morgan fingerprint density at radius 3 is 2.63 bits per heavy atom. The van der Waals surface area contributed by atoms with Gasteiger partial charge in [0.25, 0.3) is 0 Å². The summed E-state index contributed by atoms with van der Waals surface area (Å²) in [5, 5.41) is 12.1. The van der Waals surface area contributed by atoms with Crippen LogP contribution in [0.3, 0.4) is 0 Å². The lowest BCUT2D eigenvalue weighted by molar-refractivity contribution is -0.221. The number of hydrogen-bond acceptors (Lipinski definition) is 3. The molecule has 7 heteroatoms. The third-order valence-corrected chi connectivity index (χ3v) is 4.30. The average molecular weight is 280 g/mol. The molecule has 0 aromatic carbocycles. The normalized spacial score (nSPS) is 33.7. The van der Waals surface area contributed by atoms with Gasteiger partial charge in [-0.15, -0.1) is 0 Å². The van der Waals surface area contributed by atoms with Crippen molar-refractivity contribution in [2.24, 2.45) is 11.3 Å². The van der Waals surface area contributed by atoms with Gasteiger partial charge in [-0.05, 0) is 26.3 Å². The quantitative estimate of drug-likeness (QED) is 0.785. The van der Waals surface area contributed by atoms with Gasteiger partial charge in [-0.2, -0.15) is 13.2 Å². The van der Waals surface area contributed by atoms with Crippen LogP contribution < -0.4 is 5.32 Å². The van der Waals surface area contributed by atoms with Gasteiger partial charge < -0.3 is 15.3 Å². The molecule has 2 N–H and O–H groups in total. The lowest BCUT2D eigenvalue weighted by atomic mass is 9.84. The van der Waals surface area contributed by atoms with Gasteiger partial charge in [-0.3, -0.25) is 4.79 Å². The number of halogens is 3. The minimum Gasteiger partial charge on any atom is -0.393 e. The molecule has 2 rings (SSSR count). The molecule has 0 aromatic rings. The van der Waals surface area contributed by atoms with E-state index in [2.05, 4.69) is 5.32 Å². The Bertz CT molecular complexity index is 351. The van der Waals surface area contributed by atoms with Crippen molar-refractivity contribution in [2.75, 3.05) is 26.2 Å². The molecule has 1 amide bonds. The molecule has 0 radical (unpaired) electrons. The second-order valence-electron chi connectivity index (χ2n) is 5.55. The van der Waals surface area contributed by atoms with Crippen molar-refractivity contribution in [2.45, 2.75) is 32.0 Å². The van der Waals surface area contributed by atoms with E-state index >= 15 is 0 Å². The van der Waals surface area contributed by atoms with Gasteiger partial charge in [-0.25, -0.2) is 0 Å². The monoisotopic (exact) mass is 280 g/mol. The van der Waals surface area contributed by atoms with Crippen molar-refractivity contribution in [3.8, 4) is 0 Å². The van der Waals surface area contributed by atoms with E-state index in [1.54, 1.807) is 6.92 Å². The van der Waals surface area contributed by atoms with Gasteiger partial charge >= 0.3 is 6.18 Å². The predicted molar refractivity (Wildman–Crippen MR) is 62.3 cm³/mol. The molecule has 2 aliphatic rings. The first kappa shape index (κ1) is 14.6. The van der Waals surface area contributed by atoms with E-state index in [-0.39, 0.29) is 32.0 Å². The lowest BCUT2D eigenvalue weighted by Gasteiger charge is -2.33. The average Bonchev–Trinajstić information content (AvgIpc) is 2.97. The van der Waals surface area contributed by atoms with E-state index in [0.717, 1.165) is 0 Å². The summed E-state index contributed by atoms with van der Waals surface area (Å²) in [6.07, 6.45) is -4.77. The Balaban J connectivity index is 2.14. The maximum Gasteiger partial charge on any atom is 0.404 e. The zero-order valence-electron chi connectivity index (χ0n) is 10.8. The molecule has 0 spiro atoms. The molecule has 3 unspecified atom stereocenters. The number of likely N-dealkylation sites (tertiary alicyclic amines) is 1. The smallest absolute Gasteiger partial charge is 0.393 e. The molecule has 0 aliphatic carbocycles. The molecule has 19 heavy (non-hydrogen) atoms. The number of amides is 1. The molecule has 2 aliphatic heterocycles. The van der Waals surface area contributed by atoms with E-state index in [9.17, 15) is 23.1 Å². The fourth-order valence-electron chi connectivity index (χ4n) is 2.91. The number of carbonyl (C=O) groups excluding carboxylic acids is 1. The summed E-state index contributed by atoms with van der Waals surface area (Å²) in [6, 6.07) is 0. The molecular weight excluding hydrogens is 261 g/mol. The van der Waals surface area contributed by atoms with Crippen LogP contribution in [0.2, 0.25) is 0 Å². The van der Waals surface area contributed by atoms with Crippen molar-refractivity contribution in [1.29, 1.82) is 0 Å². The summed E-state index contributed by atoms with van der Waals surface area (Å²) in [5.41, 5.74) is -2.28. The van der Waals surface area contributed by atoms with Crippen molar-refractivity contribution in [1.82, 2.24) is 10.2 Å². The number of aliphatic hydroxyl groups excluding tert-OH is 1. The zero-order chi connectivity index (χ0) is 14.3. The molecule has 3 atom stereocenters. The number of carbonyl (C=O) groups is 1. The Morgan fingerprint density at radius 2 is 2.21 bits per heavy atom. The molecule has 0 aromatic heterocycles. The third kappa shape index (κ3) is 2.45. The standard InChI is InChI=1S/C12H19F3N2O2/c1-8(18)9-2-5-17(6-9)10(19)11(12(13,14)15)3-4-16-7-11/h8-9,16,18H,2-7H2,1H3. The third-order valence-electron chi connectivity index (χ3n) is 4.30. The van der Waals surface area contributed by atoms with E-state index in [1.807, 2.05) is 0 Å². The first-order valence-electron chi connectivity index (χ1n) is 6.53. The van der Waals surface area contributed by atoms with Crippen LogP contribution in [0.1, 0.15) is 19.8 Å². The Morgan fingerprint density at radius 1 is 1.53 bits per heavy atom. The first-order valence-corrected chi connectivity index (χ1v) is 6.53. The van der Waals surface area contributed by atoms with Crippen molar-refractivity contribution >= 4 is 5.91 Å². The van der Waals surface area contributed by atoms with Crippen molar-refractivity contribution in [3.05, 3.63) is 0 Å². The summed E-state index contributed by atoms with van der Waals surface area (Å²) >= 11 is 0. The van der Waals surface area contributed by atoms with Gasteiger partial charge in [0.2, 0.25) is 5.91 Å². The number of nitrogens with one attached hydrogen (secondary N) is 1. The van der Waals surface area contributed by atoms with Gasteiger partial charge in [-0.1, -0.05) is 0 Å². The highest BCUT2D eigenvalue weighted by Crippen LogP contribution is 2.45. The van der Waals surface area contributed by atoms with E-state index in [4.69, 9.17) is 0 Å². The molecule has 2 fully saturated rings. The number of nitrogens with zero attached hydrogens (tertiary/aromatic N) is 1. The van der Waals surface area contributed by atoms with Gasteiger partial charge in [0.15, 0.2) is 5.41 Å². The van der Waals surface area contributed by atoms with Crippen LogP contribution >= 0.6 is 0 Å². The minimum atomic E-state index is -4.53. The van der Waals surface area contributed by atoms with Crippen molar-refractivity contribution < 1.29 is 23.1 Å². The minimum absolute atomic E-state index is 0.122.